The van der Waals surface area contributed by atoms with Gasteiger partial charge in [0.25, 0.3) is 0 Å². The molecule has 0 N–H and O–H groups in total. The van der Waals surface area contributed by atoms with E-state index in [4.69, 9.17) is 15.0 Å². The van der Waals surface area contributed by atoms with E-state index in [0.717, 1.165) is 33.4 Å². The lowest BCUT2D eigenvalue weighted by Gasteiger charge is -2.12. The third-order valence-corrected chi connectivity index (χ3v) is 11.3. The summed E-state index contributed by atoms with van der Waals surface area (Å²) in [4.78, 5) is 15.0. The summed E-state index contributed by atoms with van der Waals surface area (Å²) in [7, 11) is 0. The van der Waals surface area contributed by atoms with Crippen molar-refractivity contribution in [2.45, 2.75) is 0 Å². The second-order valence-electron chi connectivity index (χ2n) is 14.4. The Kier molecular flexibility index (Phi) is 6.56. The first-order valence-electron chi connectivity index (χ1n) is 19.0. The first-order valence-corrected chi connectivity index (χ1v) is 19.0. The van der Waals surface area contributed by atoms with Gasteiger partial charge < -0.3 is 8.97 Å². The van der Waals surface area contributed by atoms with Gasteiger partial charge in [-0.25, -0.2) is 15.0 Å². The second kappa shape index (κ2) is 11.9. The number of para-hydroxylation sites is 3. The number of aromatic nitrogens is 5. The Morgan fingerprint density at radius 1 is 0.321 bits per heavy atom. The van der Waals surface area contributed by atoms with Crippen molar-refractivity contribution in [2.75, 3.05) is 0 Å². The molecule has 0 saturated heterocycles. The molecule has 0 fully saturated rings. The van der Waals surface area contributed by atoms with E-state index in [-0.39, 0.29) is 0 Å². The zero-order valence-corrected chi connectivity index (χ0v) is 30.1. The molecular formula is C51H31N5. The highest BCUT2D eigenvalue weighted by molar-refractivity contribution is 6.27. The number of nitrogens with zero attached hydrogens (tertiary/aromatic N) is 5. The molecule has 0 aliphatic carbocycles. The van der Waals surface area contributed by atoms with Crippen molar-refractivity contribution in [1.29, 1.82) is 0 Å². The van der Waals surface area contributed by atoms with Gasteiger partial charge in [0.2, 0.25) is 0 Å². The molecular weight excluding hydrogens is 683 g/mol. The Hall–Kier alpha value is -7.63. The van der Waals surface area contributed by atoms with Gasteiger partial charge in [-0.05, 0) is 47.5 Å². The smallest absolute Gasteiger partial charge is 0.164 e. The van der Waals surface area contributed by atoms with Gasteiger partial charge in [0.15, 0.2) is 17.5 Å². The molecule has 4 aromatic heterocycles. The van der Waals surface area contributed by atoms with E-state index in [1.54, 1.807) is 0 Å². The predicted molar refractivity (Wildman–Crippen MR) is 231 cm³/mol. The van der Waals surface area contributed by atoms with E-state index < -0.39 is 0 Å². The van der Waals surface area contributed by atoms with Crippen molar-refractivity contribution in [1.82, 2.24) is 23.9 Å². The molecule has 0 radical (unpaired) electrons. The number of hydrogen-bond acceptors (Lipinski definition) is 3. The molecule has 0 spiro atoms. The maximum absolute atomic E-state index is 5.05. The quantitative estimate of drug-likeness (QED) is 0.178. The van der Waals surface area contributed by atoms with Crippen LogP contribution < -0.4 is 0 Å². The molecule has 0 bridgehead atoms. The van der Waals surface area contributed by atoms with Crippen molar-refractivity contribution in [3.05, 3.63) is 188 Å². The SMILES string of the molecule is c1ccc(-c2nc(-c3ccccc3)nc(-c3cccc(-n4c5ccccc5c5ccc(-c6ccc7c8ccccc8n8c9ccccc9c6c78)cc54)c3)n2)cc1. The van der Waals surface area contributed by atoms with Gasteiger partial charge >= 0.3 is 0 Å². The zero-order valence-electron chi connectivity index (χ0n) is 30.1. The maximum Gasteiger partial charge on any atom is 0.164 e. The van der Waals surface area contributed by atoms with E-state index in [0.29, 0.717) is 17.5 Å². The Morgan fingerprint density at radius 2 is 0.839 bits per heavy atom. The summed E-state index contributed by atoms with van der Waals surface area (Å²) in [6, 6.07) is 66.7. The Balaban J connectivity index is 1.08. The molecule has 0 atom stereocenters. The minimum atomic E-state index is 0.631. The third kappa shape index (κ3) is 4.52. The van der Waals surface area contributed by atoms with Gasteiger partial charge in [0.05, 0.1) is 27.6 Å². The van der Waals surface area contributed by atoms with E-state index >= 15 is 0 Å². The van der Waals surface area contributed by atoms with Crippen molar-refractivity contribution >= 4 is 59.9 Å². The van der Waals surface area contributed by atoms with Crippen LogP contribution in [-0.2, 0) is 0 Å². The summed E-state index contributed by atoms with van der Waals surface area (Å²) in [6.07, 6.45) is 0. The predicted octanol–water partition coefficient (Wildman–Crippen LogP) is 12.8. The van der Waals surface area contributed by atoms with Crippen LogP contribution in [0.5, 0.6) is 0 Å². The van der Waals surface area contributed by atoms with Crippen LogP contribution in [-0.4, -0.2) is 23.9 Å². The Bertz CT molecular complexity index is 3410. The van der Waals surface area contributed by atoms with Gasteiger partial charge in [-0.3, -0.25) is 0 Å². The monoisotopic (exact) mass is 713 g/mol. The third-order valence-electron chi connectivity index (χ3n) is 11.3. The number of hydrogen-bond donors (Lipinski definition) is 0. The van der Waals surface area contributed by atoms with Crippen LogP contribution in [0.2, 0.25) is 0 Å². The average Bonchev–Trinajstić information content (AvgIpc) is 3.92. The number of rotatable bonds is 5. The first-order chi connectivity index (χ1) is 27.8. The lowest BCUT2D eigenvalue weighted by atomic mass is 9.96. The van der Waals surface area contributed by atoms with Crippen LogP contribution in [0.3, 0.4) is 0 Å². The molecule has 260 valence electrons. The molecule has 12 rings (SSSR count). The highest BCUT2D eigenvalue weighted by Crippen LogP contribution is 2.44. The fraction of sp³-hybridized carbons (Fsp3) is 0. The topological polar surface area (TPSA) is 48.0 Å². The highest BCUT2D eigenvalue weighted by Gasteiger charge is 2.21. The van der Waals surface area contributed by atoms with Gasteiger partial charge in [0, 0.05) is 54.7 Å². The normalized spacial score (nSPS) is 11.9. The van der Waals surface area contributed by atoms with E-state index in [9.17, 15) is 0 Å². The molecule has 56 heavy (non-hydrogen) atoms. The van der Waals surface area contributed by atoms with E-state index in [2.05, 4.69) is 136 Å². The fourth-order valence-electron chi connectivity index (χ4n) is 8.84. The zero-order chi connectivity index (χ0) is 36.7. The van der Waals surface area contributed by atoms with Crippen LogP contribution in [0.25, 0.3) is 111 Å². The standard InChI is InChI=1S/C51H31N5/c1-3-14-32(15-4-1)49-52-50(33-16-5-2-6-17-33)54-51(53-49)35-18-13-19-36(30-35)55-43-23-10-7-20-38(43)40-27-26-34(31-46(40)55)37-28-29-41-39-21-8-11-24-44(39)56-45-25-12-9-22-42(45)47(37)48(41)56/h1-31H. The lowest BCUT2D eigenvalue weighted by Crippen LogP contribution is -2.01. The number of benzene rings is 8. The molecule has 5 heteroatoms. The highest BCUT2D eigenvalue weighted by atomic mass is 15.0. The van der Waals surface area contributed by atoms with E-state index in [1.807, 2.05) is 60.7 Å². The largest absolute Gasteiger partial charge is 0.309 e. The molecule has 12 aromatic rings. The molecule has 5 nitrogen and oxygen atoms in total. The van der Waals surface area contributed by atoms with Gasteiger partial charge in [-0.15, -0.1) is 0 Å². The lowest BCUT2D eigenvalue weighted by molar-refractivity contribution is 1.07. The summed E-state index contributed by atoms with van der Waals surface area (Å²) in [5.74, 6) is 1.92. The van der Waals surface area contributed by atoms with Crippen LogP contribution in [0.15, 0.2) is 188 Å². The molecule has 0 aliphatic heterocycles. The van der Waals surface area contributed by atoms with Crippen molar-refractivity contribution in [2.24, 2.45) is 0 Å². The van der Waals surface area contributed by atoms with Crippen molar-refractivity contribution < 1.29 is 0 Å². The van der Waals surface area contributed by atoms with Crippen molar-refractivity contribution in [3.8, 4) is 51.0 Å². The summed E-state index contributed by atoms with van der Waals surface area (Å²) in [5, 5.41) is 7.54. The van der Waals surface area contributed by atoms with E-state index in [1.165, 1.54) is 60.0 Å². The second-order valence-corrected chi connectivity index (χ2v) is 14.4. The summed E-state index contributed by atoms with van der Waals surface area (Å²) in [6.45, 7) is 0. The fourth-order valence-corrected chi connectivity index (χ4v) is 8.84. The van der Waals surface area contributed by atoms with Crippen LogP contribution in [0.1, 0.15) is 0 Å². The molecule has 0 amide bonds. The summed E-state index contributed by atoms with van der Waals surface area (Å²) >= 11 is 0. The molecule has 0 aliphatic rings. The van der Waals surface area contributed by atoms with Crippen molar-refractivity contribution in [3.63, 3.8) is 0 Å². The Morgan fingerprint density at radius 3 is 1.54 bits per heavy atom. The summed E-state index contributed by atoms with van der Waals surface area (Å²) < 4.78 is 4.84. The minimum absolute atomic E-state index is 0.631. The van der Waals surface area contributed by atoms with Gasteiger partial charge in [-0.2, -0.15) is 0 Å². The minimum Gasteiger partial charge on any atom is -0.309 e. The van der Waals surface area contributed by atoms with Crippen LogP contribution in [0.4, 0.5) is 0 Å². The van der Waals surface area contributed by atoms with Crippen LogP contribution in [0, 0.1) is 0 Å². The molecule has 4 heterocycles. The maximum atomic E-state index is 5.05. The average molecular weight is 714 g/mol. The van der Waals surface area contributed by atoms with Gasteiger partial charge in [0.1, 0.15) is 0 Å². The Labute approximate surface area is 321 Å². The molecule has 0 saturated carbocycles. The molecule has 0 unspecified atom stereocenters. The van der Waals surface area contributed by atoms with Crippen LogP contribution >= 0.6 is 0 Å². The van der Waals surface area contributed by atoms with Gasteiger partial charge in [-0.1, -0.05) is 152 Å². The summed E-state index contributed by atoms with van der Waals surface area (Å²) in [5.41, 5.74) is 12.3. The molecule has 8 aromatic carbocycles. The number of fused-ring (bicyclic) bond motifs is 9. The first kappa shape index (κ1) is 30.8.